The smallest absolute Gasteiger partial charge is 0.250 e. The van der Waals surface area contributed by atoms with Gasteiger partial charge in [0.05, 0.1) is 14.7 Å². The molecule has 0 bridgehead atoms. The summed E-state index contributed by atoms with van der Waals surface area (Å²) in [4.78, 5) is 16.6. The van der Waals surface area contributed by atoms with Crippen molar-refractivity contribution in [1.82, 2.24) is 10.3 Å². The zero-order chi connectivity index (χ0) is 22.8. The molecule has 0 aliphatic carbocycles. The molecule has 0 spiro atoms. The summed E-state index contributed by atoms with van der Waals surface area (Å²) in [5.41, 5.74) is 1.30. The molecule has 2 aromatic carbocycles. The number of halogens is 4. The predicted octanol–water partition coefficient (Wildman–Crippen LogP) is 7.70. The van der Waals surface area contributed by atoms with Gasteiger partial charge in [-0.25, -0.2) is 4.98 Å². The van der Waals surface area contributed by atoms with E-state index in [0.717, 1.165) is 10.3 Å². The number of hydrogen-bond acceptors (Lipinski definition) is 5. The van der Waals surface area contributed by atoms with Crippen molar-refractivity contribution >= 4 is 102 Å². The van der Waals surface area contributed by atoms with Gasteiger partial charge < -0.3 is 9.73 Å². The zero-order valence-electron chi connectivity index (χ0n) is 15.8. The van der Waals surface area contributed by atoms with Gasteiger partial charge in [0, 0.05) is 21.7 Å². The third-order valence-electron chi connectivity index (χ3n) is 4.08. The average molecular weight is 543 g/mol. The van der Waals surface area contributed by atoms with Crippen LogP contribution in [0.5, 0.6) is 0 Å². The lowest BCUT2D eigenvalue weighted by Gasteiger charge is -2.04. The van der Waals surface area contributed by atoms with Crippen molar-refractivity contribution in [2.75, 3.05) is 5.32 Å². The van der Waals surface area contributed by atoms with Crippen molar-refractivity contribution < 1.29 is 9.21 Å². The predicted molar refractivity (Wildman–Crippen MR) is 137 cm³/mol. The van der Waals surface area contributed by atoms with E-state index in [2.05, 4.69) is 15.6 Å². The zero-order valence-corrected chi connectivity index (χ0v) is 20.4. The number of hydrogen-bond donors (Lipinski definition) is 2. The normalized spacial score (nSPS) is 11.2. The third-order valence-corrected chi connectivity index (χ3v) is 6.45. The summed E-state index contributed by atoms with van der Waals surface area (Å²) in [6.07, 6.45) is 2.82. The van der Waals surface area contributed by atoms with Gasteiger partial charge in [-0.1, -0.05) is 57.7 Å². The summed E-state index contributed by atoms with van der Waals surface area (Å²) in [5.74, 6) is 0.609. The van der Waals surface area contributed by atoms with Crippen molar-refractivity contribution in [1.29, 1.82) is 0 Å². The molecule has 2 aromatic heterocycles. The van der Waals surface area contributed by atoms with E-state index >= 15 is 0 Å². The van der Waals surface area contributed by atoms with E-state index in [1.54, 1.807) is 36.4 Å². The molecule has 0 fully saturated rings. The van der Waals surface area contributed by atoms with Gasteiger partial charge in [0.15, 0.2) is 10.2 Å². The number of carbonyl (C=O) groups excluding carboxylic acids is 1. The quantitative estimate of drug-likeness (QED) is 0.204. The highest BCUT2D eigenvalue weighted by Crippen LogP contribution is 2.35. The number of amides is 1. The number of furan rings is 1. The van der Waals surface area contributed by atoms with E-state index in [0.29, 0.717) is 42.3 Å². The lowest BCUT2D eigenvalue weighted by Crippen LogP contribution is -2.32. The SMILES string of the molecule is O=C(/C=C/c1ccc(-c2cc(Cl)cc(Cl)c2)o1)NC(=S)Nc1nc2c(Cl)c(Cl)ccc2s1. The molecule has 5 nitrogen and oxygen atoms in total. The van der Waals surface area contributed by atoms with Crippen molar-refractivity contribution in [3.05, 3.63) is 74.4 Å². The van der Waals surface area contributed by atoms with Crippen molar-refractivity contribution in [2.45, 2.75) is 0 Å². The van der Waals surface area contributed by atoms with Gasteiger partial charge in [0.25, 0.3) is 0 Å². The molecule has 0 atom stereocenters. The fourth-order valence-electron chi connectivity index (χ4n) is 2.72. The molecule has 4 rings (SSSR count). The van der Waals surface area contributed by atoms with Crippen LogP contribution < -0.4 is 10.6 Å². The monoisotopic (exact) mass is 541 g/mol. The Labute approximate surface area is 211 Å². The molecule has 11 heteroatoms. The first kappa shape index (κ1) is 23.0. The highest BCUT2D eigenvalue weighted by Gasteiger charge is 2.12. The Balaban J connectivity index is 1.38. The molecule has 4 aromatic rings. The molecule has 32 heavy (non-hydrogen) atoms. The molecule has 0 aliphatic rings. The Morgan fingerprint density at radius 1 is 1.06 bits per heavy atom. The molecule has 2 heterocycles. The molecule has 0 aliphatic heterocycles. The molecule has 0 saturated heterocycles. The number of nitrogens with one attached hydrogen (secondary N) is 2. The number of benzene rings is 2. The van der Waals surface area contributed by atoms with E-state index in [1.807, 2.05) is 6.07 Å². The maximum absolute atomic E-state index is 12.2. The molecule has 0 saturated carbocycles. The van der Waals surface area contributed by atoms with Crippen LogP contribution in [0, 0.1) is 0 Å². The summed E-state index contributed by atoms with van der Waals surface area (Å²) in [5, 5.41) is 7.77. The van der Waals surface area contributed by atoms with Gasteiger partial charge in [0.2, 0.25) is 5.91 Å². The minimum atomic E-state index is -0.437. The molecular weight excluding hydrogens is 532 g/mol. The largest absolute Gasteiger partial charge is 0.457 e. The third kappa shape index (κ3) is 5.43. The van der Waals surface area contributed by atoms with Crippen LogP contribution in [0.1, 0.15) is 5.76 Å². The van der Waals surface area contributed by atoms with E-state index in [4.69, 9.17) is 63.0 Å². The Bertz CT molecular complexity index is 1360. The maximum atomic E-state index is 12.2. The first-order valence-electron chi connectivity index (χ1n) is 8.89. The minimum absolute atomic E-state index is 0.0922. The lowest BCUT2D eigenvalue weighted by molar-refractivity contribution is -0.115. The first-order valence-corrected chi connectivity index (χ1v) is 11.6. The van der Waals surface area contributed by atoms with Crippen LogP contribution in [0.2, 0.25) is 20.1 Å². The van der Waals surface area contributed by atoms with Gasteiger partial charge in [-0.3, -0.25) is 10.1 Å². The number of fused-ring (bicyclic) bond motifs is 1. The van der Waals surface area contributed by atoms with Crippen LogP contribution in [0.25, 0.3) is 27.6 Å². The van der Waals surface area contributed by atoms with Gasteiger partial charge in [-0.15, -0.1) is 0 Å². The maximum Gasteiger partial charge on any atom is 0.250 e. The first-order chi connectivity index (χ1) is 15.3. The standard InChI is InChI=1S/C21H11Cl4N3O2S2/c22-11-7-10(8-12(23)9-11)15-4-1-13(30-15)2-6-17(29)26-20(31)28-21-27-19-16(32-21)5-3-14(24)18(19)25/h1-9H,(H2,26,27,28,29,31)/b6-2+. The molecule has 162 valence electrons. The van der Waals surface area contributed by atoms with Crippen LogP contribution in [-0.2, 0) is 4.79 Å². The van der Waals surface area contributed by atoms with Crippen molar-refractivity contribution in [2.24, 2.45) is 0 Å². The summed E-state index contributed by atoms with van der Waals surface area (Å²) < 4.78 is 6.56. The van der Waals surface area contributed by atoms with Crippen molar-refractivity contribution in [3.63, 3.8) is 0 Å². The average Bonchev–Trinajstić information content (AvgIpc) is 3.36. The number of rotatable bonds is 4. The summed E-state index contributed by atoms with van der Waals surface area (Å²) >= 11 is 30.7. The molecule has 1 amide bonds. The van der Waals surface area contributed by atoms with E-state index in [9.17, 15) is 4.79 Å². The van der Waals surface area contributed by atoms with Crippen molar-refractivity contribution in [3.8, 4) is 11.3 Å². The Morgan fingerprint density at radius 2 is 1.81 bits per heavy atom. The fraction of sp³-hybridized carbons (Fsp3) is 0. The van der Waals surface area contributed by atoms with Gasteiger partial charge in [0.1, 0.15) is 17.0 Å². The fourth-order valence-corrected chi connectivity index (χ4v) is 4.81. The topological polar surface area (TPSA) is 67.2 Å². The minimum Gasteiger partial charge on any atom is -0.457 e. The van der Waals surface area contributed by atoms with Crippen LogP contribution in [0.4, 0.5) is 5.13 Å². The molecule has 2 N–H and O–H groups in total. The second-order valence-electron chi connectivity index (χ2n) is 6.36. The van der Waals surface area contributed by atoms with Gasteiger partial charge in [-0.2, -0.15) is 0 Å². The lowest BCUT2D eigenvalue weighted by atomic mass is 10.2. The number of carbonyl (C=O) groups is 1. The number of aromatic nitrogens is 1. The second-order valence-corrected chi connectivity index (χ2v) is 9.46. The number of thiocarbonyl (C=S) groups is 1. The summed E-state index contributed by atoms with van der Waals surface area (Å²) in [6, 6.07) is 12.1. The van der Waals surface area contributed by atoms with Crippen LogP contribution in [0.3, 0.4) is 0 Å². The number of thiazole rings is 1. The molecule has 0 unspecified atom stereocenters. The molecular formula is C21H11Cl4N3O2S2. The summed E-state index contributed by atoms with van der Waals surface area (Å²) in [6.45, 7) is 0. The molecule has 0 radical (unpaired) electrons. The van der Waals surface area contributed by atoms with Crippen LogP contribution >= 0.6 is 70.0 Å². The summed E-state index contributed by atoms with van der Waals surface area (Å²) in [7, 11) is 0. The van der Waals surface area contributed by atoms with Gasteiger partial charge >= 0.3 is 0 Å². The van der Waals surface area contributed by atoms with E-state index in [-0.39, 0.29) is 5.11 Å². The van der Waals surface area contributed by atoms with Crippen LogP contribution in [0.15, 0.2) is 53.0 Å². The highest BCUT2D eigenvalue weighted by molar-refractivity contribution is 7.80. The second kappa shape index (κ2) is 9.79. The van der Waals surface area contributed by atoms with Gasteiger partial charge in [-0.05, 0) is 60.8 Å². The number of anilines is 1. The van der Waals surface area contributed by atoms with Crippen LogP contribution in [-0.4, -0.2) is 16.0 Å². The Kier molecular flexibility index (Phi) is 7.05. The van der Waals surface area contributed by atoms with E-state index < -0.39 is 5.91 Å². The Hall–Kier alpha value is -2.13. The van der Waals surface area contributed by atoms with E-state index in [1.165, 1.54) is 23.5 Å². The highest BCUT2D eigenvalue weighted by atomic mass is 35.5. The Morgan fingerprint density at radius 3 is 2.56 bits per heavy atom. The number of nitrogens with zero attached hydrogens (tertiary/aromatic N) is 1.